The van der Waals surface area contributed by atoms with Gasteiger partial charge in [0.25, 0.3) is 0 Å². The zero-order chi connectivity index (χ0) is 7.82. The maximum absolute atomic E-state index is 7.57. The van der Waals surface area contributed by atoms with E-state index in [0.717, 1.165) is 0 Å². The van der Waals surface area contributed by atoms with E-state index in [4.69, 9.17) is 9.84 Å². The molecule has 3 heteroatoms. The molecular weight excluding hydrogens is 144 g/mol. The average molecular weight is 164 g/mol. The molecule has 70 valence electrons. The Morgan fingerprint density at radius 2 is 1.73 bits per heavy atom. The van der Waals surface area contributed by atoms with Gasteiger partial charge in [-0.05, 0) is 19.8 Å². The van der Waals surface area contributed by atoms with Crippen molar-refractivity contribution >= 4 is 0 Å². The maximum Gasteiger partial charge on any atom is 0.0571 e. The fourth-order valence-corrected chi connectivity index (χ4v) is 1.12. The lowest BCUT2D eigenvalue weighted by Crippen LogP contribution is -2.01. The summed E-state index contributed by atoms with van der Waals surface area (Å²) >= 11 is 0. The smallest absolute Gasteiger partial charge is 0.0571 e. The highest BCUT2D eigenvalue weighted by molar-refractivity contribution is 4.65. The van der Waals surface area contributed by atoms with Gasteiger partial charge >= 0.3 is 0 Å². The molecule has 0 atom stereocenters. The minimum Gasteiger partial charge on any atom is -0.412 e. The standard InChI is InChI=1S/C6H12O.C2H6O.H2O/c1-7-6-4-2-3-5-6;1-2-3;/h6H,2-5H2,1H3;3H,2H2,1H3;1H2. The van der Waals surface area contributed by atoms with E-state index in [1.807, 2.05) is 0 Å². The molecule has 1 rings (SSSR count). The Morgan fingerprint density at radius 3 is 1.91 bits per heavy atom. The van der Waals surface area contributed by atoms with Crippen molar-refractivity contribution in [1.82, 2.24) is 0 Å². The molecule has 0 aliphatic heterocycles. The molecule has 0 aromatic heterocycles. The number of rotatable bonds is 1. The topological polar surface area (TPSA) is 61.0 Å². The first-order chi connectivity index (χ1) is 4.85. The van der Waals surface area contributed by atoms with E-state index in [2.05, 4.69) is 0 Å². The highest BCUT2D eigenvalue weighted by atomic mass is 16.5. The van der Waals surface area contributed by atoms with Crippen LogP contribution in [0.2, 0.25) is 0 Å². The summed E-state index contributed by atoms with van der Waals surface area (Å²) in [5.41, 5.74) is 0. The van der Waals surface area contributed by atoms with Gasteiger partial charge in [-0.1, -0.05) is 12.8 Å². The van der Waals surface area contributed by atoms with Crippen LogP contribution in [0, 0.1) is 0 Å². The molecule has 0 amide bonds. The van der Waals surface area contributed by atoms with Crippen molar-refractivity contribution in [3.8, 4) is 0 Å². The van der Waals surface area contributed by atoms with Crippen molar-refractivity contribution in [3.63, 3.8) is 0 Å². The van der Waals surface area contributed by atoms with Gasteiger partial charge in [-0.3, -0.25) is 0 Å². The third-order valence-corrected chi connectivity index (χ3v) is 1.64. The molecule has 0 aromatic rings. The van der Waals surface area contributed by atoms with Crippen molar-refractivity contribution in [3.05, 3.63) is 0 Å². The highest BCUT2D eigenvalue weighted by Crippen LogP contribution is 2.19. The van der Waals surface area contributed by atoms with Crippen LogP contribution in [-0.4, -0.2) is 30.4 Å². The third kappa shape index (κ3) is 7.78. The number of ether oxygens (including phenoxy) is 1. The number of aliphatic hydroxyl groups is 1. The first-order valence-corrected chi connectivity index (χ1v) is 3.98. The van der Waals surface area contributed by atoms with E-state index in [1.165, 1.54) is 25.7 Å². The summed E-state index contributed by atoms with van der Waals surface area (Å²) in [4.78, 5) is 0. The van der Waals surface area contributed by atoms with Gasteiger partial charge in [-0.2, -0.15) is 0 Å². The normalized spacial score (nSPS) is 16.6. The largest absolute Gasteiger partial charge is 0.412 e. The van der Waals surface area contributed by atoms with Gasteiger partial charge in [0.1, 0.15) is 0 Å². The van der Waals surface area contributed by atoms with Crippen molar-refractivity contribution in [2.75, 3.05) is 13.7 Å². The Kier molecular flexibility index (Phi) is 12.1. The fraction of sp³-hybridized carbons (Fsp3) is 1.00. The molecule has 11 heavy (non-hydrogen) atoms. The summed E-state index contributed by atoms with van der Waals surface area (Å²) in [6.45, 7) is 1.93. The van der Waals surface area contributed by atoms with Gasteiger partial charge in [-0.25, -0.2) is 0 Å². The molecule has 1 aliphatic carbocycles. The van der Waals surface area contributed by atoms with E-state index >= 15 is 0 Å². The second-order valence-electron chi connectivity index (χ2n) is 2.46. The molecule has 3 nitrogen and oxygen atoms in total. The van der Waals surface area contributed by atoms with Crippen molar-refractivity contribution < 1.29 is 15.3 Å². The van der Waals surface area contributed by atoms with Gasteiger partial charge < -0.3 is 15.3 Å². The molecule has 1 aliphatic rings. The highest BCUT2D eigenvalue weighted by Gasteiger charge is 2.12. The quantitative estimate of drug-likeness (QED) is 0.621. The van der Waals surface area contributed by atoms with Crippen LogP contribution < -0.4 is 0 Å². The van der Waals surface area contributed by atoms with E-state index in [-0.39, 0.29) is 12.1 Å². The van der Waals surface area contributed by atoms with Gasteiger partial charge in [0.05, 0.1) is 6.10 Å². The Balaban J connectivity index is 0. The van der Waals surface area contributed by atoms with Crippen LogP contribution in [-0.2, 0) is 4.74 Å². The van der Waals surface area contributed by atoms with Crippen LogP contribution in [0.5, 0.6) is 0 Å². The Morgan fingerprint density at radius 1 is 1.36 bits per heavy atom. The number of methoxy groups -OCH3 is 1. The van der Waals surface area contributed by atoms with Crippen molar-refractivity contribution in [1.29, 1.82) is 0 Å². The minimum absolute atomic E-state index is 0. The van der Waals surface area contributed by atoms with Gasteiger partial charge in [0, 0.05) is 13.7 Å². The van der Waals surface area contributed by atoms with Crippen LogP contribution >= 0.6 is 0 Å². The molecule has 0 bridgehead atoms. The zero-order valence-corrected chi connectivity index (χ0v) is 7.47. The molecule has 0 saturated heterocycles. The SMILES string of the molecule is CCO.COC1CCCC1.O. The summed E-state index contributed by atoms with van der Waals surface area (Å²) in [6, 6.07) is 0. The molecule has 3 N–H and O–H groups in total. The maximum atomic E-state index is 7.57. The lowest BCUT2D eigenvalue weighted by atomic mass is 10.3. The predicted molar refractivity (Wildman–Crippen MR) is 45.6 cm³/mol. The first-order valence-electron chi connectivity index (χ1n) is 3.98. The summed E-state index contributed by atoms with van der Waals surface area (Å²) in [5, 5.41) is 7.57. The molecule has 0 aromatic carbocycles. The predicted octanol–water partition coefficient (Wildman–Crippen LogP) is 0.749. The van der Waals surface area contributed by atoms with E-state index in [9.17, 15) is 0 Å². The minimum atomic E-state index is 0. The number of aliphatic hydroxyl groups excluding tert-OH is 1. The summed E-state index contributed by atoms with van der Waals surface area (Å²) in [5.74, 6) is 0. The average Bonchev–Trinajstić information content (AvgIpc) is 2.39. The van der Waals surface area contributed by atoms with E-state index in [1.54, 1.807) is 14.0 Å². The zero-order valence-electron chi connectivity index (χ0n) is 7.47. The molecule has 1 saturated carbocycles. The van der Waals surface area contributed by atoms with Gasteiger partial charge in [0.15, 0.2) is 0 Å². The van der Waals surface area contributed by atoms with Gasteiger partial charge in [-0.15, -0.1) is 0 Å². The first kappa shape index (κ1) is 13.5. The Bertz CT molecular complexity index is 60.4. The van der Waals surface area contributed by atoms with Crippen LogP contribution in [0.25, 0.3) is 0 Å². The lowest BCUT2D eigenvalue weighted by Gasteiger charge is -2.02. The molecular formula is C8H20O3. The van der Waals surface area contributed by atoms with E-state index < -0.39 is 0 Å². The molecule has 0 spiro atoms. The summed E-state index contributed by atoms with van der Waals surface area (Å²) in [6.07, 6.45) is 5.92. The fourth-order valence-electron chi connectivity index (χ4n) is 1.12. The Hall–Kier alpha value is -0.120. The van der Waals surface area contributed by atoms with Gasteiger partial charge in [0.2, 0.25) is 0 Å². The molecule has 0 heterocycles. The van der Waals surface area contributed by atoms with E-state index in [0.29, 0.717) is 6.10 Å². The molecule has 0 unspecified atom stereocenters. The molecule has 0 radical (unpaired) electrons. The lowest BCUT2D eigenvalue weighted by molar-refractivity contribution is 0.109. The van der Waals surface area contributed by atoms with Crippen LogP contribution in [0.3, 0.4) is 0 Å². The second-order valence-corrected chi connectivity index (χ2v) is 2.46. The summed E-state index contributed by atoms with van der Waals surface area (Å²) < 4.78 is 5.11. The number of hydrogen-bond acceptors (Lipinski definition) is 2. The Labute approximate surface area is 68.7 Å². The monoisotopic (exact) mass is 164 g/mol. The summed E-state index contributed by atoms with van der Waals surface area (Å²) in [7, 11) is 1.80. The van der Waals surface area contributed by atoms with Crippen molar-refractivity contribution in [2.45, 2.75) is 38.7 Å². The number of hydrogen-bond donors (Lipinski definition) is 1. The van der Waals surface area contributed by atoms with Crippen molar-refractivity contribution in [2.24, 2.45) is 0 Å². The third-order valence-electron chi connectivity index (χ3n) is 1.64. The van der Waals surface area contributed by atoms with Crippen LogP contribution in [0.15, 0.2) is 0 Å². The van der Waals surface area contributed by atoms with Crippen LogP contribution in [0.1, 0.15) is 32.6 Å². The second kappa shape index (κ2) is 9.88. The molecule has 1 fully saturated rings. The van der Waals surface area contributed by atoms with Crippen LogP contribution in [0.4, 0.5) is 0 Å².